The Kier molecular flexibility index (Phi) is 14.2. The van der Waals surface area contributed by atoms with Crippen molar-refractivity contribution in [1.29, 1.82) is 0 Å². The second kappa shape index (κ2) is 13.5. The van der Waals surface area contributed by atoms with Gasteiger partial charge in [0.2, 0.25) is 5.91 Å². The molecule has 1 unspecified atom stereocenters. The van der Waals surface area contributed by atoms with Gasteiger partial charge in [-0.25, -0.2) is 0 Å². The van der Waals surface area contributed by atoms with Gasteiger partial charge in [-0.1, -0.05) is 19.8 Å². The van der Waals surface area contributed by atoms with E-state index in [-0.39, 0.29) is 46.0 Å². The molecule has 9 heteroatoms. The van der Waals surface area contributed by atoms with Crippen LogP contribution in [-0.4, -0.2) is 36.0 Å². The van der Waals surface area contributed by atoms with Crippen molar-refractivity contribution in [3.63, 3.8) is 0 Å². The van der Waals surface area contributed by atoms with Crippen molar-refractivity contribution in [3.8, 4) is 0 Å². The number of carboxylic acids is 2. The van der Waals surface area contributed by atoms with Crippen LogP contribution in [0.1, 0.15) is 51.9 Å². The third kappa shape index (κ3) is 12.1. The van der Waals surface area contributed by atoms with Gasteiger partial charge in [-0.05, 0) is 25.7 Å². The third-order valence-corrected chi connectivity index (χ3v) is 3.45. The zero-order valence-electron chi connectivity index (χ0n) is 13.2. The van der Waals surface area contributed by atoms with Crippen molar-refractivity contribution in [1.82, 2.24) is 5.32 Å². The third-order valence-electron chi connectivity index (χ3n) is 3.45. The second-order valence-electron chi connectivity index (χ2n) is 5.32. The number of carboxylic acid groups (broad SMARTS) is 2. The van der Waals surface area contributed by atoms with Crippen LogP contribution in [0.5, 0.6) is 0 Å². The first-order chi connectivity index (χ1) is 10.3. The number of rotatable bonds is 6. The van der Waals surface area contributed by atoms with E-state index in [9.17, 15) is 24.6 Å². The summed E-state index contributed by atoms with van der Waals surface area (Å²) < 4.78 is 0. The number of nitrogens with two attached hydrogens (primary N) is 2. The van der Waals surface area contributed by atoms with Gasteiger partial charge in [0, 0.05) is 24.5 Å². The number of carbonyl (C=O) groups is 3. The number of amides is 1. The summed E-state index contributed by atoms with van der Waals surface area (Å²) in [4.78, 5) is 31.3. The fourth-order valence-electron chi connectivity index (χ4n) is 2.00. The van der Waals surface area contributed by atoms with Crippen LogP contribution in [0.2, 0.25) is 0 Å². The van der Waals surface area contributed by atoms with E-state index in [0.717, 1.165) is 12.8 Å². The summed E-state index contributed by atoms with van der Waals surface area (Å²) in [6.45, 7) is 1.56. The normalized spacial score (nSPS) is 21.0. The standard InChI is InChI=1S/C8H13NO5.C6H14N2.Pt/c1-2-6(10)9-5(8(13)14)3-4-7(11)12;7-5-3-1-2-4-6(5)8;/h5H,2-4H2,1H3,(H,9,10)(H,11,12)(H,13,14);5-6H,1-4,7-8H2;/q;;+2/p-2/t;5-,6-;/m.1./s1. The van der Waals surface area contributed by atoms with Gasteiger partial charge in [0.25, 0.3) is 0 Å². The quantitative estimate of drug-likeness (QED) is 0.352. The average molecular weight is 510 g/mol. The van der Waals surface area contributed by atoms with Gasteiger partial charge in [-0.15, -0.1) is 0 Å². The molecule has 0 aromatic carbocycles. The first kappa shape index (κ1) is 24.3. The summed E-state index contributed by atoms with van der Waals surface area (Å²) in [5, 5.41) is 22.6. The van der Waals surface area contributed by atoms with Gasteiger partial charge < -0.3 is 36.6 Å². The van der Waals surface area contributed by atoms with Gasteiger partial charge in [0.15, 0.2) is 0 Å². The zero-order chi connectivity index (χ0) is 17.1. The van der Waals surface area contributed by atoms with Crippen LogP contribution in [0.25, 0.3) is 0 Å². The van der Waals surface area contributed by atoms with Crippen molar-refractivity contribution in [3.05, 3.63) is 0 Å². The minimum Gasteiger partial charge on any atom is -0.550 e. The Hall–Kier alpha value is -0.982. The Labute approximate surface area is 150 Å². The maximum atomic E-state index is 10.8. The smallest absolute Gasteiger partial charge is 0.550 e. The van der Waals surface area contributed by atoms with Gasteiger partial charge in [0.1, 0.15) is 0 Å². The predicted molar refractivity (Wildman–Crippen MR) is 75.9 cm³/mol. The SMILES string of the molecule is CCC(=O)NC(CCC(=O)[O-])C(=O)[O-].N[C@@H]1CCCC[C@H]1N.[Pt+2]. The van der Waals surface area contributed by atoms with Crippen LogP contribution in [-0.2, 0) is 35.4 Å². The van der Waals surface area contributed by atoms with E-state index in [1.165, 1.54) is 12.8 Å². The summed E-state index contributed by atoms with van der Waals surface area (Å²) >= 11 is 0. The molecule has 0 spiro atoms. The maximum absolute atomic E-state index is 10.8. The predicted octanol–water partition coefficient (Wildman–Crippen LogP) is -2.63. The summed E-state index contributed by atoms with van der Waals surface area (Å²) in [7, 11) is 0. The second-order valence-corrected chi connectivity index (χ2v) is 5.32. The van der Waals surface area contributed by atoms with Gasteiger partial charge in [0.05, 0.1) is 12.0 Å². The zero-order valence-corrected chi connectivity index (χ0v) is 15.5. The molecule has 5 N–H and O–H groups in total. The Bertz CT molecular complexity index is 371. The minimum absolute atomic E-state index is 0. The number of nitrogens with one attached hydrogen (secondary N) is 1. The van der Waals surface area contributed by atoms with Crippen molar-refractivity contribution in [2.24, 2.45) is 11.5 Å². The van der Waals surface area contributed by atoms with Crippen molar-refractivity contribution < 1.29 is 45.7 Å². The first-order valence-corrected chi connectivity index (χ1v) is 7.49. The molecule has 0 aromatic heterocycles. The maximum Gasteiger partial charge on any atom is 2.00 e. The largest absolute Gasteiger partial charge is 2.00 e. The average Bonchev–Trinajstić information content (AvgIpc) is 2.46. The Balaban J connectivity index is 0. The molecule has 3 atom stereocenters. The molecule has 8 nitrogen and oxygen atoms in total. The molecule has 1 amide bonds. The molecule has 0 aromatic rings. The molecular formula is C14H25N3O5Pt. The summed E-state index contributed by atoms with van der Waals surface area (Å²) in [5.41, 5.74) is 11.3. The molecule has 0 aliphatic heterocycles. The molecule has 0 saturated heterocycles. The Morgan fingerprint density at radius 1 is 1.13 bits per heavy atom. The molecule has 1 fully saturated rings. The minimum atomic E-state index is -1.49. The molecule has 23 heavy (non-hydrogen) atoms. The van der Waals surface area contributed by atoms with Gasteiger partial charge >= 0.3 is 21.1 Å². The fraction of sp³-hybridized carbons (Fsp3) is 0.786. The van der Waals surface area contributed by atoms with Gasteiger partial charge in [-0.3, -0.25) is 4.79 Å². The van der Waals surface area contributed by atoms with Crippen molar-refractivity contribution in [2.45, 2.75) is 70.0 Å². The van der Waals surface area contributed by atoms with E-state index in [1.54, 1.807) is 6.92 Å². The molecule has 1 aliphatic rings. The van der Waals surface area contributed by atoms with Crippen molar-refractivity contribution in [2.75, 3.05) is 0 Å². The molecule has 0 heterocycles. The summed E-state index contributed by atoms with van der Waals surface area (Å²) in [6.07, 6.45) is 4.28. The Morgan fingerprint density at radius 3 is 1.91 bits per heavy atom. The number of carbonyl (C=O) groups excluding carboxylic acids is 3. The van der Waals surface area contributed by atoms with Gasteiger partial charge in [-0.2, -0.15) is 0 Å². The number of aliphatic carboxylic acids is 2. The fourth-order valence-corrected chi connectivity index (χ4v) is 2.00. The molecule has 1 saturated carbocycles. The number of hydrogen-bond donors (Lipinski definition) is 3. The first-order valence-electron chi connectivity index (χ1n) is 7.49. The number of hydrogen-bond acceptors (Lipinski definition) is 7. The van der Waals surface area contributed by atoms with E-state index in [4.69, 9.17) is 11.5 Å². The summed E-state index contributed by atoms with van der Waals surface area (Å²) in [5.74, 6) is -3.31. The monoisotopic (exact) mass is 510 g/mol. The summed E-state index contributed by atoms with van der Waals surface area (Å²) in [6, 6.07) is -0.701. The van der Waals surface area contributed by atoms with Crippen LogP contribution in [0.3, 0.4) is 0 Å². The van der Waals surface area contributed by atoms with Crippen LogP contribution < -0.4 is 27.0 Å². The molecule has 0 radical (unpaired) electrons. The van der Waals surface area contributed by atoms with E-state index in [2.05, 4.69) is 5.32 Å². The van der Waals surface area contributed by atoms with Crippen LogP contribution in [0, 0.1) is 0 Å². The topological polar surface area (TPSA) is 161 Å². The molecular weight excluding hydrogens is 485 g/mol. The van der Waals surface area contributed by atoms with Crippen LogP contribution in [0.15, 0.2) is 0 Å². The van der Waals surface area contributed by atoms with E-state index < -0.39 is 30.3 Å². The van der Waals surface area contributed by atoms with E-state index in [0.29, 0.717) is 0 Å². The van der Waals surface area contributed by atoms with Crippen molar-refractivity contribution >= 4 is 17.8 Å². The van der Waals surface area contributed by atoms with E-state index >= 15 is 0 Å². The van der Waals surface area contributed by atoms with Crippen LogP contribution in [0.4, 0.5) is 0 Å². The molecule has 1 aliphatic carbocycles. The molecule has 1 rings (SSSR count). The Morgan fingerprint density at radius 2 is 1.61 bits per heavy atom. The molecule has 136 valence electrons. The van der Waals surface area contributed by atoms with E-state index in [1.807, 2.05) is 0 Å². The molecule has 0 bridgehead atoms. The van der Waals surface area contributed by atoms with Crippen LogP contribution >= 0.6 is 0 Å².